The van der Waals surface area contributed by atoms with E-state index in [2.05, 4.69) is 47.5 Å². The number of benzene rings is 4. The Morgan fingerprint density at radius 3 is 1.86 bits per heavy atom. The van der Waals surface area contributed by atoms with Gasteiger partial charge >= 0.3 is 23.9 Å². The van der Waals surface area contributed by atoms with Gasteiger partial charge in [0.1, 0.15) is 59.3 Å². The number of phenolic OH excluding ortho intramolecular Hbond substituents is 2. The maximum Gasteiger partial charge on any atom is 0.340 e. The van der Waals surface area contributed by atoms with E-state index in [9.17, 15) is 78.7 Å². The zero-order valence-electron chi connectivity index (χ0n) is 50.1. The van der Waals surface area contributed by atoms with Crippen LogP contribution in [0.2, 0.25) is 0 Å². The van der Waals surface area contributed by atoms with Crippen LogP contribution < -0.4 is 53.0 Å². The number of anilines is 2. The number of nitrogens with one attached hydrogen (secondary N) is 8. The average Bonchev–Trinajstić information content (AvgIpc) is 1.46. The van der Waals surface area contributed by atoms with Crippen molar-refractivity contribution in [3.05, 3.63) is 100 Å². The molecule has 7 rings (SSSR count). The zero-order valence-corrected chi connectivity index (χ0v) is 53.3. The number of nitrogens with two attached hydrogens (primary N) is 1. The topological polar surface area (TPSA) is 449 Å². The molecule has 5 aromatic rings. The van der Waals surface area contributed by atoms with E-state index in [1.54, 1.807) is 30.3 Å². The summed E-state index contributed by atoms with van der Waals surface area (Å²) < 4.78 is 12.5. The van der Waals surface area contributed by atoms with Crippen molar-refractivity contribution in [1.29, 1.82) is 5.26 Å². The molecule has 2 aliphatic rings. The van der Waals surface area contributed by atoms with Crippen molar-refractivity contribution in [2.24, 2.45) is 11.7 Å². The third-order valence-electron chi connectivity index (χ3n) is 14.1. The van der Waals surface area contributed by atoms with Crippen LogP contribution in [0.4, 0.5) is 11.4 Å². The molecule has 1 spiro atoms. The Bertz CT molecular complexity index is 3710. The molecule has 28 nitrogen and oxygen atoms in total. The van der Waals surface area contributed by atoms with Crippen molar-refractivity contribution >= 4 is 131 Å². The molecule has 2 aliphatic heterocycles. The monoisotopic (exact) mass is 1340 g/mol. The number of rotatable bonds is 29. The van der Waals surface area contributed by atoms with Gasteiger partial charge in [0.15, 0.2) is 15.7 Å². The number of thiocarbonyl (C=S) groups is 1. The first-order valence-corrected chi connectivity index (χ1v) is 32.1. The highest BCUT2D eigenvalue weighted by Gasteiger charge is 2.54. The quantitative estimate of drug-likeness (QED) is 0.0134. The van der Waals surface area contributed by atoms with Gasteiger partial charge in [-0.3, -0.25) is 43.2 Å². The Hall–Kier alpha value is -9.29. The number of nitrogens with zero attached hydrogens (tertiary/aromatic N) is 2. The second-order valence-corrected chi connectivity index (χ2v) is 27.3. The molecule has 0 fully saturated rings. The Labute approximate surface area is 543 Å². The van der Waals surface area contributed by atoms with Gasteiger partial charge in [0.2, 0.25) is 35.4 Å². The van der Waals surface area contributed by atoms with E-state index in [1.165, 1.54) is 77.9 Å². The van der Waals surface area contributed by atoms with Crippen LogP contribution in [0.3, 0.4) is 0 Å². The number of aromatic hydroxyl groups is 2. The molecule has 92 heavy (non-hydrogen) atoms. The molecule has 6 atom stereocenters. The maximum atomic E-state index is 14.2. The summed E-state index contributed by atoms with van der Waals surface area (Å²) in [7, 11) is 2.79. The van der Waals surface area contributed by atoms with Crippen LogP contribution in [0, 0.1) is 17.2 Å². The summed E-state index contributed by atoms with van der Waals surface area (Å²) in [5, 5.41) is 79.9. The van der Waals surface area contributed by atoms with Crippen LogP contribution in [-0.4, -0.2) is 148 Å². The Balaban J connectivity index is 1.00. The van der Waals surface area contributed by atoms with Crippen LogP contribution >= 0.6 is 45.1 Å². The number of ether oxygens (including phenoxy) is 2. The van der Waals surface area contributed by atoms with E-state index >= 15 is 0 Å². The lowest BCUT2D eigenvalue weighted by Crippen LogP contribution is -2.60. The van der Waals surface area contributed by atoms with Crippen molar-refractivity contribution < 1.29 is 83.0 Å². The number of unbranched alkanes of at least 4 members (excludes halogenated alkanes) is 1. The number of carboxylic acid groups (broad SMARTS) is 3. The summed E-state index contributed by atoms with van der Waals surface area (Å²) in [5.74, 6) is -11.9. The molecular weight excluding hydrogens is 1270 g/mol. The van der Waals surface area contributed by atoms with Gasteiger partial charge < -0.3 is 83.3 Å². The van der Waals surface area contributed by atoms with Crippen LogP contribution in [0.1, 0.15) is 112 Å². The minimum Gasteiger partial charge on any atom is -0.508 e. The van der Waals surface area contributed by atoms with E-state index < -0.39 is 133 Å². The van der Waals surface area contributed by atoms with Crippen molar-refractivity contribution in [2.45, 2.75) is 126 Å². The average molecular weight is 1340 g/mol. The number of aliphatic carboxylic acids is 3. The number of thiazole rings is 1. The largest absolute Gasteiger partial charge is 0.508 e. The molecule has 6 amide bonds. The van der Waals surface area contributed by atoms with Gasteiger partial charge in [0.05, 0.1) is 34.7 Å². The van der Waals surface area contributed by atoms with Crippen molar-refractivity contribution in [1.82, 2.24) is 36.9 Å². The Kier molecular flexibility index (Phi) is 23.4. The fourth-order valence-corrected chi connectivity index (χ4v) is 13.2. The SMILES string of the molecule is CC(C)[C@H](NC(=O)[C@H](CCC(=O)O)NC(=O)[C@H](CC(=O)O)NC(=O)[C@H](CCCCNC(=S)Nc1ccc2c(c1)C(=O)OC21c2ccc(O)cc2Oc2cc(O)ccc21)NC(=O)[C@@H](N)CSSC(C)(C)C)C(=O)N[C@@H](CC(=O)O)C(=O)Nc1ccc2nc(C#N)sc2c1. The molecule has 488 valence electrons. The maximum absolute atomic E-state index is 14.2. The molecule has 3 heterocycles. The molecule has 32 heteroatoms. The lowest BCUT2D eigenvalue weighted by molar-refractivity contribution is -0.142. The highest BCUT2D eigenvalue weighted by molar-refractivity contribution is 8.77. The summed E-state index contributed by atoms with van der Waals surface area (Å²) in [6, 6.07) is 10.5. The molecule has 0 saturated heterocycles. The fraction of sp³-hybridized carbons (Fsp3) is 0.383. The second-order valence-electron chi connectivity index (χ2n) is 22.7. The lowest BCUT2D eigenvalue weighted by Gasteiger charge is -2.36. The van der Waals surface area contributed by atoms with E-state index in [1.807, 2.05) is 26.8 Å². The smallest absolute Gasteiger partial charge is 0.340 e. The number of aromatic nitrogens is 1. The zero-order chi connectivity index (χ0) is 67.4. The summed E-state index contributed by atoms with van der Waals surface area (Å²) in [4.78, 5) is 137. The Morgan fingerprint density at radius 2 is 1.25 bits per heavy atom. The lowest BCUT2D eigenvalue weighted by atomic mass is 9.77. The van der Waals surface area contributed by atoms with Gasteiger partial charge in [-0.25, -0.2) is 9.78 Å². The molecule has 0 bridgehead atoms. The third kappa shape index (κ3) is 18.2. The first kappa shape index (κ1) is 70.2. The van der Waals surface area contributed by atoms with Crippen LogP contribution in [-0.2, 0) is 53.5 Å². The van der Waals surface area contributed by atoms with Crippen LogP contribution in [0.25, 0.3) is 10.2 Å². The first-order chi connectivity index (χ1) is 43.4. The van der Waals surface area contributed by atoms with Gasteiger partial charge in [0.25, 0.3) is 0 Å². The minimum absolute atomic E-state index is 0.101. The molecule has 0 saturated carbocycles. The number of hydrogen-bond acceptors (Lipinski definition) is 21. The first-order valence-electron chi connectivity index (χ1n) is 28.6. The van der Waals surface area contributed by atoms with Gasteiger partial charge in [-0.15, -0.1) is 11.3 Å². The molecule has 0 unspecified atom stereocenters. The number of carbonyl (C=O) groups is 10. The predicted molar refractivity (Wildman–Crippen MR) is 343 cm³/mol. The Morgan fingerprint density at radius 1 is 0.696 bits per heavy atom. The van der Waals surface area contributed by atoms with E-state index in [4.69, 9.17) is 27.4 Å². The number of esters is 1. The number of carboxylic acids is 3. The summed E-state index contributed by atoms with van der Waals surface area (Å²) >= 11 is 6.62. The highest BCUT2D eigenvalue weighted by atomic mass is 33.1. The third-order valence-corrected chi connectivity index (χ3v) is 18.6. The number of fused-ring (bicyclic) bond motifs is 7. The second kappa shape index (κ2) is 30.7. The van der Waals surface area contributed by atoms with E-state index in [-0.39, 0.29) is 74.3 Å². The van der Waals surface area contributed by atoms with Crippen LogP contribution in [0.5, 0.6) is 23.0 Å². The summed E-state index contributed by atoms with van der Waals surface area (Å²) in [5.41, 5.74) is 7.33. The van der Waals surface area contributed by atoms with E-state index in [0.717, 1.165) is 11.3 Å². The van der Waals surface area contributed by atoms with Gasteiger partial charge in [-0.1, -0.05) is 62.3 Å². The molecular formula is C60H67N11O17S4. The predicted octanol–water partition coefficient (Wildman–Crippen LogP) is 4.64. The van der Waals surface area contributed by atoms with Crippen molar-refractivity contribution in [2.75, 3.05) is 22.9 Å². The fourth-order valence-electron chi connectivity index (χ4n) is 9.72. The molecule has 0 radical (unpaired) electrons. The molecule has 4 aromatic carbocycles. The summed E-state index contributed by atoms with van der Waals surface area (Å²) in [6.07, 6.45) is -2.98. The van der Waals surface area contributed by atoms with Gasteiger partial charge in [0, 0.05) is 63.7 Å². The number of phenols is 2. The van der Waals surface area contributed by atoms with Crippen molar-refractivity contribution in [3.63, 3.8) is 0 Å². The number of carbonyl (C=O) groups excluding carboxylic acids is 7. The molecule has 0 aliphatic carbocycles. The molecule has 1 aromatic heterocycles. The number of hydrogen-bond donors (Lipinski definition) is 14. The standard InChI is InChI=1S/C60H67N11O17S4/c1-28(2)50(56(85)70-41(24-48(76)77)54(83)64-30-10-16-38-45(21-30)91-46(26-61)66-38)71-53(82)40(17-18-47(74)75)68-55(84)42(25-49(78)79)69-52(81)39(67-51(80)37(62)27-90-92-59(3,4)5)8-6-7-19-63-58(89)65-29-9-13-34-33(20-29)57(86)88-60(34)35-14-11-31(72)22-43(35)87-44-23-32(73)12-15-36(44)60/h9-16,20-23,28,37,39-42,50,72-73H,6-8,17-19,24-25,27,62H2,1-5H3,(H,64,83)(H,67,80)(H,68,84)(H,69,81)(H,70,85)(H,71,82)(H,74,75)(H,76,77)(H,78,79)(H2,63,65,89)/t37-,39-,40-,41-,42-,50-/m0/s1. The number of amides is 6. The normalized spacial score (nSPS) is 14.6. The van der Waals surface area contributed by atoms with Crippen molar-refractivity contribution in [3.8, 4) is 29.1 Å². The van der Waals surface area contributed by atoms with Crippen LogP contribution in [0.15, 0.2) is 72.8 Å². The van der Waals surface area contributed by atoms with Gasteiger partial charge in [-0.2, -0.15) is 5.26 Å². The minimum atomic E-state index is -1.96. The molecule has 15 N–H and O–H groups in total. The van der Waals surface area contributed by atoms with Gasteiger partial charge in [-0.05, 0) is 98.4 Å². The highest BCUT2D eigenvalue weighted by Crippen LogP contribution is 2.57. The number of nitriles is 1. The summed E-state index contributed by atoms with van der Waals surface area (Å²) in [6.45, 7) is 9.04. The van der Waals surface area contributed by atoms with E-state index in [0.29, 0.717) is 39.0 Å².